The Labute approximate surface area is 310 Å². The van der Waals surface area contributed by atoms with Crippen molar-refractivity contribution in [2.24, 2.45) is 0 Å². The van der Waals surface area contributed by atoms with Gasteiger partial charge in [0.2, 0.25) is 0 Å². The standard InChI is InChI=1S/C23H38N2O2.C20H32N2O2/c1-20(2)24(3)19-23(11-17-26-18-12-23)21-7-9-22(10-8-21)27-16-6-15-25-13-4-5-14-25;1-21-17-20(9-15-23-16-10-20)18-5-7-19(8-6-18)24-14-4-13-22-11-2-3-12-22/h7-10,20H,4-6,11-19H2,1-3H3;5-8,21H,2-4,9-17H2,1H3. The van der Waals surface area contributed by atoms with Gasteiger partial charge in [0.05, 0.1) is 13.2 Å². The average Bonchev–Trinajstić information content (AvgIpc) is 3.89. The van der Waals surface area contributed by atoms with Crippen LogP contribution in [0.25, 0.3) is 0 Å². The van der Waals surface area contributed by atoms with Crippen LogP contribution < -0.4 is 14.8 Å². The topological polar surface area (TPSA) is 58.7 Å². The molecule has 0 amide bonds. The first-order valence-electron chi connectivity index (χ1n) is 20.3. The molecule has 0 atom stereocenters. The molecule has 8 heteroatoms. The molecular weight excluding hydrogens is 636 g/mol. The molecule has 4 saturated heterocycles. The van der Waals surface area contributed by atoms with Gasteiger partial charge in [0.1, 0.15) is 11.5 Å². The number of hydrogen-bond acceptors (Lipinski definition) is 8. The molecule has 0 bridgehead atoms. The second-order valence-electron chi connectivity index (χ2n) is 15.9. The van der Waals surface area contributed by atoms with E-state index in [-0.39, 0.29) is 10.8 Å². The van der Waals surface area contributed by atoms with Crippen LogP contribution in [0.1, 0.15) is 89.2 Å². The van der Waals surface area contributed by atoms with Gasteiger partial charge in [0.15, 0.2) is 0 Å². The molecule has 2 aromatic rings. The SMILES string of the molecule is CC(C)N(C)CC1(c2ccc(OCCCN3CCCC3)cc2)CCOCC1.CNCC1(c2ccc(OCCCN3CCCC3)cc2)CCOCC1. The minimum absolute atomic E-state index is 0.200. The largest absolute Gasteiger partial charge is 0.494 e. The molecule has 4 aliphatic heterocycles. The summed E-state index contributed by atoms with van der Waals surface area (Å²) in [6, 6.07) is 18.2. The summed E-state index contributed by atoms with van der Waals surface area (Å²) in [5.74, 6) is 1.99. The van der Waals surface area contributed by atoms with Crippen molar-refractivity contribution in [3.05, 3.63) is 59.7 Å². The third-order valence-electron chi connectivity index (χ3n) is 12.0. The van der Waals surface area contributed by atoms with Gasteiger partial charge in [-0.1, -0.05) is 24.3 Å². The van der Waals surface area contributed by atoms with Crippen LogP contribution in [0.4, 0.5) is 0 Å². The number of nitrogens with one attached hydrogen (secondary N) is 1. The van der Waals surface area contributed by atoms with Gasteiger partial charge < -0.3 is 39.0 Å². The maximum Gasteiger partial charge on any atom is 0.119 e. The van der Waals surface area contributed by atoms with E-state index in [1.807, 2.05) is 7.05 Å². The van der Waals surface area contributed by atoms with Gasteiger partial charge in [-0.3, -0.25) is 0 Å². The minimum atomic E-state index is 0.200. The van der Waals surface area contributed by atoms with Crippen LogP contribution >= 0.6 is 0 Å². The molecule has 286 valence electrons. The van der Waals surface area contributed by atoms with Gasteiger partial charge >= 0.3 is 0 Å². The van der Waals surface area contributed by atoms with Crippen molar-refractivity contribution in [2.75, 3.05) is 106 Å². The summed E-state index contributed by atoms with van der Waals surface area (Å²) in [7, 11) is 4.27. The molecule has 2 aromatic carbocycles. The third-order valence-corrected chi connectivity index (χ3v) is 12.0. The lowest BCUT2D eigenvalue weighted by Crippen LogP contribution is -2.45. The summed E-state index contributed by atoms with van der Waals surface area (Å²) in [5, 5.41) is 3.37. The summed E-state index contributed by atoms with van der Waals surface area (Å²) in [6.07, 6.45) is 12.0. The average molecular weight is 707 g/mol. The van der Waals surface area contributed by atoms with Crippen molar-refractivity contribution < 1.29 is 18.9 Å². The molecule has 4 aliphatic rings. The summed E-state index contributed by atoms with van der Waals surface area (Å²) < 4.78 is 23.2. The first-order valence-corrected chi connectivity index (χ1v) is 20.3. The van der Waals surface area contributed by atoms with E-state index in [2.05, 4.69) is 89.4 Å². The molecule has 0 radical (unpaired) electrons. The predicted octanol–water partition coefficient (Wildman–Crippen LogP) is 6.76. The molecule has 0 aliphatic carbocycles. The second-order valence-corrected chi connectivity index (χ2v) is 15.9. The number of likely N-dealkylation sites (N-methyl/N-ethyl adjacent to an activating group) is 2. The Kier molecular flexibility index (Phi) is 16.4. The molecule has 0 saturated carbocycles. The Morgan fingerprint density at radius 1 is 0.667 bits per heavy atom. The maximum absolute atomic E-state index is 6.00. The summed E-state index contributed by atoms with van der Waals surface area (Å²) in [6.45, 7) is 19.1. The third kappa shape index (κ3) is 12.2. The van der Waals surface area contributed by atoms with E-state index in [0.717, 1.165) is 103 Å². The monoisotopic (exact) mass is 707 g/mol. The normalized spacial score (nSPS) is 20.7. The van der Waals surface area contributed by atoms with Crippen LogP contribution in [0, 0.1) is 0 Å². The van der Waals surface area contributed by atoms with Crippen molar-refractivity contribution in [3.8, 4) is 11.5 Å². The van der Waals surface area contributed by atoms with Gasteiger partial charge in [0.25, 0.3) is 0 Å². The van der Waals surface area contributed by atoms with Crippen LogP contribution in [-0.2, 0) is 20.3 Å². The Bertz CT molecular complexity index is 1210. The molecular formula is C43H70N4O4. The molecule has 6 rings (SSSR count). The number of hydrogen-bond donors (Lipinski definition) is 1. The highest BCUT2D eigenvalue weighted by atomic mass is 16.5. The second kappa shape index (κ2) is 20.9. The molecule has 4 heterocycles. The molecule has 1 N–H and O–H groups in total. The molecule has 4 fully saturated rings. The van der Waals surface area contributed by atoms with E-state index in [1.165, 1.54) is 76.1 Å². The smallest absolute Gasteiger partial charge is 0.119 e. The lowest BCUT2D eigenvalue weighted by Gasteiger charge is -2.41. The van der Waals surface area contributed by atoms with Crippen LogP contribution in [-0.4, -0.2) is 127 Å². The Morgan fingerprint density at radius 2 is 1.08 bits per heavy atom. The molecule has 8 nitrogen and oxygen atoms in total. The fourth-order valence-corrected chi connectivity index (χ4v) is 8.41. The van der Waals surface area contributed by atoms with Crippen LogP contribution in [0.15, 0.2) is 48.5 Å². The first kappa shape index (κ1) is 40.0. The molecule has 0 aromatic heterocycles. The molecule has 51 heavy (non-hydrogen) atoms. The van der Waals surface area contributed by atoms with Crippen LogP contribution in [0.2, 0.25) is 0 Å². The van der Waals surface area contributed by atoms with E-state index < -0.39 is 0 Å². The zero-order valence-electron chi connectivity index (χ0n) is 32.6. The van der Waals surface area contributed by atoms with Crippen LogP contribution in [0.5, 0.6) is 11.5 Å². The van der Waals surface area contributed by atoms with Crippen LogP contribution in [0.3, 0.4) is 0 Å². The van der Waals surface area contributed by atoms with Crippen molar-refractivity contribution in [1.82, 2.24) is 20.0 Å². The maximum atomic E-state index is 6.00. The Balaban J connectivity index is 0.000000199. The van der Waals surface area contributed by atoms with Gasteiger partial charge in [-0.05, 0) is 154 Å². The van der Waals surface area contributed by atoms with Gasteiger partial charge in [-0.25, -0.2) is 0 Å². The molecule has 0 unspecified atom stereocenters. The fourth-order valence-electron chi connectivity index (χ4n) is 8.41. The van der Waals surface area contributed by atoms with Crippen molar-refractivity contribution in [1.29, 1.82) is 0 Å². The van der Waals surface area contributed by atoms with E-state index in [9.17, 15) is 0 Å². The fraction of sp³-hybridized carbons (Fsp3) is 0.721. The van der Waals surface area contributed by atoms with E-state index >= 15 is 0 Å². The highest BCUT2D eigenvalue weighted by Crippen LogP contribution is 2.37. The lowest BCUT2D eigenvalue weighted by molar-refractivity contribution is 0.0336. The predicted molar refractivity (Wildman–Crippen MR) is 210 cm³/mol. The minimum Gasteiger partial charge on any atom is -0.494 e. The quantitative estimate of drug-likeness (QED) is 0.181. The van der Waals surface area contributed by atoms with Crippen molar-refractivity contribution >= 4 is 0 Å². The number of ether oxygens (including phenoxy) is 4. The number of likely N-dealkylation sites (tertiary alicyclic amines) is 2. The Morgan fingerprint density at radius 3 is 1.49 bits per heavy atom. The summed E-state index contributed by atoms with van der Waals surface area (Å²) in [4.78, 5) is 7.56. The number of rotatable bonds is 17. The highest BCUT2D eigenvalue weighted by Gasteiger charge is 2.36. The highest BCUT2D eigenvalue weighted by molar-refractivity contribution is 5.34. The van der Waals surface area contributed by atoms with Gasteiger partial charge in [0, 0.05) is 69.5 Å². The summed E-state index contributed by atoms with van der Waals surface area (Å²) >= 11 is 0. The number of nitrogens with zero attached hydrogens (tertiary/aromatic N) is 3. The zero-order valence-corrected chi connectivity index (χ0v) is 32.6. The van der Waals surface area contributed by atoms with E-state index in [4.69, 9.17) is 18.9 Å². The number of benzene rings is 2. The molecule has 0 spiro atoms. The van der Waals surface area contributed by atoms with Gasteiger partial charge in [-0.2, -0.15) is 0 Å². The van der Waals surface area contributed by atoms with Crippen molar-refractivity contribution in [3.63, 3.8) is 0 Å². The van der Waals surface area contributed by atoms with E-state index in [1.54, 1.807) is 0 Å². The van der Waals surface area contributed by atoms with Gasteiger partial charge in [-0.15, -0.1) is 0 Å². The van der Waals surface area contributed by atoms with Crippen molar-refractivity contribution in [2.45, 2.75) is 94.9 Å². The lowest BCUT2D eigenvalue weighted by atomic mass is 9.73. The summed E-state index contributed by atoms with van der Waals surface area (Å²) in [5.41, 5.74) is 3.25. The Hall–Kier alpha value is -2.20. The zero-order chi connectivity index (χ0) is 35.8. The first-order chi connectivity index (χ1) is 24.9. The van der Waals surface area contributed by atoms with E-state index in [0.29, 0.717) is 6.04 Å².